The lowest BCUT2D eigenvalue weighted by molar-refractivity contribution is -0.113. The summed E-state index contributed by atoms with van der Waals surface area (Å²) in [6.45, 7) is 6.11. The lowest BCUT2D eigenvalue weighted by Gasteiger charge is -2.21. The average molecular weight is 452 g/mol. The van der Waals surface area contributed by atoms with E-state index in [1.165, 1.54) is 11.8 Å². The zero-order valence-corrected chi connectivity index (χ0v) is 19.6. The molecule has 8 heteroatoms. The minimum Gasteiger partial charge on any atom is -0.342 e. The molecule has 0 saturated carbocycles. The minimum atomic E-state index is -0.306. The zero-order valence-electron chi connectivity index (χ0n) is 18.8. The lowest BCUT2D eigenvalue weighted by Crippen LogP contribution is -2.33. The van der Waals surface area contributed by atoms with Crippen molar-refractivity contribution in [3.63, 3.8) is 0 Å². The molecule has 0 saturated heterocycles. The molecule has 0 fully saturated rings. The van der Waals surface area contributed by atoms with Crippen molar-refractivity contribution >= 4 is 29.3 Å². The summed E-state index contributed by atoms with van der Waals surface area (Å²) in [4.78, 5) is 25.1. The van der Waals surface area contributed by atoms with Crippen LogP contribution in [0.2, 0.25) is 0 Å². The van der Waals surface area contributed by atoms with E-state index in [0.717, 1.165) is 17.7 Å². The Morgan fingerprint density at radius 2 is 1.72 bits per heavy atom. The standard InChI is InChI=1S/C24H29N5O2S/c1-5-17-11-9-10-14-19(17)25-20(30)15-32-24-28-27-22(29(24)4)21(16(2)3)26-23(31)18-12-7-6-8-13-18/h6-14,16,21H,5,15H2,1-4H3,(H,25,30)(H,26,31). The van der Waals surface area contributed by atoms with Crippen molar-refractivity contribution in [1.82, 2.24) is 20.1 Å². The number of nitrogens with one attached hydrogen (secondary N) is 2. The molecule has 0 radical (unpaired) electrons. The Morgan fingerprint density at radius 1 is 1.03 bits per heavy atom. The summed E-state index contributed by atoms with van der Waals surface area (Å²) in [6, 6.07) is 16.6. The second-order valence-corrected chi connectivity index (χ2v) is 8.75. The van der Waals surface area contributed by atoms with E-state index < -0.39 is 0 Å². The first kappa shape index (κ1) is 23.5. The summed E-state index contributed by atoms with van der Waals surface area (Å²) in [6.07, 6.45) is 0.849. The second-order valence-electron chi connectivity index (χ2n) is 7.81. The molecule has 2 N–H and O–H groups in total. The number of aryl methyl sites for hydroxylation is 1. The zero-order chi connectivity index (χ0) is 23.1. The SMILES string of the molecule is CCc1ccccc1NC(=O)CSc1nnc(C(NC(=O)c2ccccc2)C(C)C)n1C. The van der Waals surface area contributed by atoms with Crippen LogP contribution >= 0.6 is 11.8 Å². The number of nitrogens with zero attached hydrogens (tertiary/aromatic N) is 3. The molecule has 1 aromatic heterocycles. The molecule has 0 aliphatic rings. The van der Waals surface area contributed by atoms with Crippen molar-refractivity contribution in [3.05, 3.63) is 71.5 Å². The van der Waals surface area contributed by atoms with Crippen LogP contribution in [0, 0.1) is 5.92 Å². The maximum absolute atomic E-state index is 12.7. The molecule has 0 spiro atoms. The second kappa shape index (κ2) is 10.9. The molecule has 3 aromatic rings. The van der Waals surface area contributed by atoms with E-state index in [-0.39, 0.29) is 29.5 Å². The molecule has 1 atom stereocenters. The van der Waals surface area contributed by atoms with Gasteiger partial charge < -0.3 is 15.2 Å². The highest BCUT2D eigenvalue weighted by Crippen LogP contribution is 2.25. The number of hydrogen-bond acceptors (Lipinski definition) is 5. The van der Waals surface area contributed by atoms with Gasteiger partial charge in [0, 0.05) is 18.3 Å². The van der Waals surface area contributed by atoms with Gasteiger partial charge in [0.2, 0.25) is 5.91 Å². The number of para-hydroxylation sites is 1. The number of benzene rings is 2. The Hall–Kier alpha value is -3.13. The highest BCUT2D eigenvalue weighted by Gasteiger charge is 2.25. The van der Waals surface area contributed by atoms with E-state index >= 15 is 0 Å². The topological polar surface area (TPSA) is 88.9 Å². The van der Waals surface area contributed by atoms with Crippen LogP contribution in [0.3, 0.4) is 0 Å². The summed E-state index contributed by atoms with van der Waals surface area (Å²) in [5.41, 5.74) is 2.53. The number of thioether (sulfide) groups is 1. The van der Waals surface area contributed by atoms with Crippen LogP contribution in [0.1, 0.15) is 48.6 Å². The monoisotopic (exact) mass is 451 g/mol. The molecule has 0 aliphatic heterocycles. The number of aromatic nitrogens is 3. The predicted octanol–water partition coefficient (Wildman–Crippen LogP) is 4.24. The number of hydrogen-bond donors (Lipinski definition) is 2. The number of rotatable bonds is 9. The van der Waals surface area contributed by atoms with E-state index in [2.05, 4.69) is 27.8 Å². The summed E-state index contributed by atoms with van der Waals surface area (Å²) in [5, 5.41) is 15.2. The first-order valence-electron chi connectivity index (χ1n) is 10.7. The maximum atomic E-state index is 12.7. The average Bonchev–Trinajstić information content (AvgIpc) is 3.16. The van der Waals surface area contributed by atoms with E-state index in [4.69, 9.17) is 0 Å². The molecular formula is C24H29N5O2S. The summed E-state index contributed by atoms with van der Waals surface area (Å²) < 4.78 is 1.84. The van der Waals surface area contributed by atoms with Gasteiger partial charge in [0.05, 0.1) is 11.8 Å². The molecule has 32 heavy (non-hydrogen) atoms. The largest absolute Gasteiger partial charge is 0.342 e. The van der Waals surface area contributed by atoms with Gasteiger partial charge in [-0.3, -0.25) is 9.59 Å². The summed E-state index contributed by atoms with van der Waals surface area (Å²) in [5.74, 6) is 0.724. The van der Waals surface area contributed by atoms with Crippen LogP contribution in [0.25, 0.3) is 0 Å². The number of amides is 2. The Morgan fingerprint density at radius 3 is 2.41 bits per heavy atom. The van der Waals surface area contributed by atoms with Crippen molar-refractivity contribution in [3.8, 4) is 0 Å². The van der Waals surface area contributed by atoms with E-state index in [9.17, 15) is 9.59 Å². The van der Waals surface area contributed by atoms with Gasteiger partial charge in [-0.05, 0) is 36.1 Å². The van der Waals surface area contributed by atoms with Crippen LogP contribution in [0.5, 0.6) is 0 Å². The van der Waals surface area contributed by atoms with Gasteiger partial charge in [-0.1, -0.05) is 68.9 Å². The number of carbonyl (C=O) groups excluding carboxylic acids is 2. The molecule has 1 unspecified atom stereocenters. The Kier molecular flexibility index (Phi) is 8.05. The molecule has 2 amide bonds. The quantitative estimate of drug-likeness (QED) is 0.475. The van der Waals surface area contributed by atoms with Crippen LogP contribution in [-0.4, -0.2) is 32.3 Å². The molecule has 0 bridgehead atoms. The first-order valence-corrected chi connectivity index (χ1v) is 11.6. The van der Waals surface area contributed by atoms with Crippen molar-refractivity contribution < 1.29 is 9.59 Å². The van der Waals surface area contributed by atoms with Gasteiger partial charge in [-0.2, -0.15) is 0 Å². The van der Waals surface area contributed by atoms with Crippen molar-refractivity contribution in [2.24, 2.45) is 13.0 Å². The fraction of sp³-hybridized carbons (Fsp3) is 0.333. The predicted molar refractivity (Wildman–Crippen MR) is 128 cm³/mol. The molecule has 168 valence electrons. The van der Waals surface area contributed by atoms with E-state index in [1.54, 1.807) is 12.1 Å². The molecule has 1 heterocycles. The Balaban J connectivity index is 1.66. The van der Waals surface area contributed by atoms with E-state index in [1.807, 2.05) is 67.9 Å². The molecule has 0 aliphatic carbocycles. The van der Waals surface area contributed by atoms with Gasteiger partial charge in [-0.25, -0.2) is 0 Å². The van der Waals surface area contributed by atoms with Gasteiger partial charge in [0.25, 0.3) is 5.91 Å². The molecule has 2 aromatic carbocycles. The lowest BCUT2D eigenvalue weighted by atomic mass is 10.0. The van der Waals surface area contributed by atoms with Gasteiger partial charge in [0.1, 0.15) is 0 Å². The molecule has 3 rings (SSSR count). The number of carbonyl (C=O) groups is 2. The molecular weight excluding hydrogens is 422 g/mol. The van der Waals surface area contributed by atoms with Crippen LogP contribution in [0.4, 0.5) is 5.69 Å². The first-order chi connectivity index (χ1) is 15.4. The van der Waals surface area contributed by atoms with Crippen molar-refractivity contribution in [1.29, 1.82) is 0 Å². The minimum absolute atomic E-state index is 0.0989. The highest BCUT2D eigenvalue weighted by atomic mass is 32.2. The van der Waals surface area contributed by atoms with Crippen LogP contribution in [0.15, 0.2) is 59.8 Å². The Bertz CT molecular complexity index is 1070. The fourth-order valence-electron chi connectivity index (χ4n) is 3.33. The highest BCUT2D eigenvalue weighted by molar-refractivity contribution is 7.99. The van der Waals surface area contributed by atoms with Crippen LogP contribution in [-0.2, 0) is 18.3 Å². The smallest absolute Gasteiger partial charge is 0.251 e. The maximum Gasteiger partial charge on any atom is 0.251 e. The third kappa shape index (κ3) is 5.76. The molecule has 7 nitrogen and oxygen atoms in total. The Labute approximate surface area is 193 Å². The third-order valence-corrected chi connectivity index (χ3v) is 6.16. The number of anilines is 1. The van der Waals surface area contributed by atoms with Gasteiger partial charge in [0.15, 0.2) is 11.0 Å². The van der Waals surface area contributed by atoms with Crippen molar-refractivity contribution in [2.45, 2.75) is 38.4 Å². The summed E-state index contributed by atoms with van der Waals surface area (Å²) >= 11 is 1.32. The fourth-order valence-corrected chi connectivity index (χ4v) is 4.05. The van der Waals surface area contributed by atoms with Crippen molar-refractivity contribution in [2.75, 3.05) is 11.1 Å². The summed E-state index contributed by atoms with van der Waals surface area (Å²) in [7, 11) is 1.85. The van der Waals surface area contributed by atoms with Gasteiger partial charge >= 0.3 is 0 Å². The van der Waals surface area contributed by atoms with Crippen LogP contribution < -0.4 is 10.6 Å². The third-order valence-electron chi connectivity index (χ3n) is 5.14. The van der Waals surface area contributed by atoms with Gasteiger partial charge in [-0.15, -0.1) is 10.2 Å². The normalized spacial score (nSPS) is 11.9. The van der Waals surface area contributed by atoms with E-state index in [0.29, 0.717) is 16.5 Å².